The van der Waals surface area contributed by atoms with E-state index in [1.54, 1.807) is 0 Å². The Kier molecular flexibility index (Phi) is 7.32. The quantitative estimate of drug-likeness (QED) is 0.423. The van der Waals surface area contributed by atoms with Gasteiger partial charge in [0.25, 0.3) is 0 Å². The number of aliphatic hydroxyl groups excluding tert-OH is 1. The number of hydrogen-bond acceptors (Lipinski definition) is 4. The molecule has 82 valence electrons. The summed E-state index contributed by atoms with van der Waals surface area (Å²) in [6.07, 6.45) is 1.04. The van der Waals surface area contributed by atoms with Gasteiger partial charge >= 0.3 is 5.97 Å². The van der Waals surface area contributed by atoms with E-state index in [-0.39, 0.29) is 12.2 Å². The molecule has 5 heteroatoms. The molecular formula is C9H17NO3S. The van der Waals surface area contributed by atoms with Crippen LogP contribution in [-0.2, 0) is 4.79 Å². The van der Waals surface area contributed by atoms with E-state index in [0.717, 1.165) is 18.7 Å². The van der Waals surface area contributed by atoms with Crippen molar-refractivity contribution in [3.8, 4) is 0 Å². The van der Waals surface area contributed by atoms with E-state index < -0.39 is 11.2 Å². The molecule has 0 radical (unpaired) electrons. The van der Waals surface area contributed by atoms with Gasteiger partial charge in [-0.05, 0) is 25.8 Å². The smallest absolute Gasteiger partial charge is 0.317 e. The van der Waals surface area contributed by atoms with Crippen LogP contribution in [0.2, 0.25) is 0 Å². The molecule has 0 spiro atoms. The molecule has 0 rings (SSSR count). The molecule has 0 aliphatic carbocycles. The maximum atomic E-state index is 10.7. The van der Waals surface area contributed by atoms with Gasteiger partial charge in [-0.25, -0.2) is 0 Å². The highest BCUT2D eigenvalue weighted by Crippen LogP contribution is 2.18. The average Bonchev–Trinajstić information content (AvgIpc) is 2.09. The van der Waals surface area contributed by atoms with Crippen LogP contribution >= 0.6 is 11.8 Å². The highest BCUT2D eigenvalue weighted by Gasteiger charge is 2.18. The Morgan fingerprint density at radius 1 is 1.57 bits per heavy atom. The van der Waals surface area contributed by atoms with Crippen molar-refractivity contribution in [2.24, 2.45) is 0 Å². The van der Waals surface area contributed by atoms with E-state index in [9.17, 15) is 4.79 Å². The average molecular weight is 219 g/mol. The van der Waals surface area contributed by atoms with Crippen molar-refractivity contribution < 1.29 is 15.0 Å². The molecule has 0 amide bonds. The first-order chi connectivity index (χ1) is 6.57. The van der Waals surface area contributed by atoms with Gasteiger partial charge in [0.05, 0.1) is 5.76 Å². The zero-order valence-electron chi connectivity index (χ0n) is 8.32. The van der Waals surface area contributed by atoms with Crippen molar-refractivity contribution in [1.82, 2.24) is 5.32 Å². The second-order valence-electron chi connectivity index (χ2n) is 2.93. The molecule has 0 saturated heterocycles. The third-order valence-electron chi connectivity index (χ3n) is 1.59. The van der Waals surface area contributed by atoms with Crippen molar-refractivity contribution in [2.45, 2.75) is 18.1 Å². The molecular weight excluding hydrogens is 202 g/mol. The fourth-order valence-corrected chi connectivity index (χ4v) is 1.95. The van der Waals surface area contributed by atoms with Crippen LogP contribution < -0.4 is 5.32 Å². The van der Waals surface area contributed by atoms with E-state index >= 15 is 0 Å². The summed E-state index contributed by atoms with van der Waals surface area (Å²) in [4.78, 5) is 10.7. The van der Waals surface area contributed by atoms with Crippen molar-refractivity contribution in [3.05, 3.63) is 12.3 Å². The summed E-state index contributed by atoms with van der Waals surface area (Å²) in [5.74, 6) is -0.196. The molecule has 14 heavy (non-hydrogen) atoms. The van der Waals surface area contributed by atoms with Crippen LogP contribution in [0.25, 0.3) is 0 Å². The van der Waals surface area contributed by atoms with E-state index in [2.05, 4.69) is 11.9 Å². The summed E-state index contributed by atoms with van der Waals surface area (Å²) >= 11 is 1.34. The number of aliphatic hydroxyl groups is 1. The summed E-state index contributed by atoms with van der Waals surface area (Å²) in [5.41, 5.74) is 0. The Morgan fingerprint density at radius 2 is 2.21 bits per heavy atom. The van der Waals surface area contributed by atoms with E-state index in [1.807, 2.05) is 7.05 Å². The molecule has 0 aromatic heterocycles. The zero-order chi connectivity index (χ0) is 11.0. The van der Waals surface area contributed by atoms with Gasteiger partial charge in [0.2, 0.25) is 0 Å². The van der Waals surface area contributed by atoms with E-state index in [4.69, 9.17) is 10.2 Å². The topological polar surface area (TPSA) is 69.6 Å². The molecule has 0 saturated carbocycles. The minimum absolute atomic E-state index is 0.0708. The standard InChI is InChI=1S/C9H17NO3S/c1-7(11)6-8(9(12)13)14-5-3-4-10-2/h8,10-11H,1,3-6H2,2H3,(H,12,13). The second kappa shape index (κ2) is 7.70. The molecule has 4 nitrogen and oxygen atoms in total. The maximum Gasteiger partial charge on any atom is 0.317 e. The summed E-state index contributed by atoms with van der Waals surface area (Å²) in [6.45, 7) is 4.16. The van der Waals surface area contributed by atoms with E-state index in [0.29, 0.717) is 0 Å². The van der Waals surface area contributed by atoms with Crippen molar-refractivity contribution in [3.63, 3.8) is 0 Å². The first kappa shape index (κ1) is 13.3. The Hall–Kier alpha value is -0.680. The number of hydrogen-bond donors (Lipinski definition) is 3. The lowest BCUT2D eigenvalue weighted by atomic mass is 10.3. The summed E-state index contributed by atoms with van der Waals surface area (Å²) in [5, 5.41) is 20.1. The summed E-state index contributed by atoms with van der Waals surface area (Å²) in [7, 11) is 1.86. The largest absolute Gasteiger partial charge is 0.513 e. The van der Waals surface area contributed by atoms with Gasteiger partial charge in [-0.15, -0.1) is 11.8 Å². The number of carbonyl (C=O) groups is 1. The van der Waals surface area contributed by atoms with Gasteiger partial charge in [0.15, 0.2) is 0 Å². The molecule has 0 bridgehead atoms. The van der Waals surface area contributed by atoms with Crippen molar-refractivity contribution >= 4 is 17.7 Å². The van der Waals surface area contributed by atoms with Gasteiger partial charge < -0.3 is 15.5 Å². The molecule has 1 unspecified atom stereocenters. The van der Waals surface area contributed by atoms with Crippen LogP contribution in [0.4, 0.5) is 0 Å². The lowest BCUT2D eigenvalue weighted by Crippen LogP contribution is -2.18. The number of thioether (sulfide) groups is 1. The van der Waals surface area contributed by atoms with Crippen molar-refractivity contribution in [1.29, 1.82) is 0 Å². The molecule has 0 aromatic rings. The molecule has 0 heterocycles. The number of aliphatic carboxylic acids is 1. The van der Waals surface area contributed by atoms with Crippen LogP contribution in [0.3, 0.4) is 0 Å². The van der Waals surface area contributed by atoms with Gasteiger partial charge in [-0.3, -0.25) is 4.79 Å². The highest BCUT2D eigenvalue weighted by atomic mass is 32.2. The molecule has 0 fully saturated rings. The predicted molar refractivity (Wildman–Crippen MR) is 58.8 cm³/mol. The number of allylic oxidation sites excluding steroid dienone is 1. The van der Waals surface area contributed by atoms with Crippen LogP contribution in [0, 0.1) is 0 Å². The molecule has 1 atom stereocenters. The molecule has 3 N–H and O–H groups in total. The van der Waals surface area contributed by atoms with Crippen LogP contribution in [0.5, 0.6) is 0 Å². The third kappa shape index (κ3) is 6.80. The lowest BCUT2D eigenvalue weighted by Gasteiger charge is -2.10. The Bertz CT molecular complexity index is 196. The molecule has 0 aliphatic heterocycles. The van der Waals surface area contributed by atoms with Gasteiger partial charge in [0, 0.05) is 6.42 Å². The monoisotopic (exact) mass is 219 g/mol. The third-order valence-corrected chi connectivity index (χ3v) is 2.88. The lowest BCUT2D eigenvalue weighted by molar-refractivity contribution is -0.136. The first-order valence-electron chi connectivity index (χ1n) is 4.43. The van der Waals surface area contributed by atoms with Gasteiger partial charge in [-0.2, -0.15) is 0 Å². The molecule has 0 aromatic carbocycles. The number of carboxylic acids is 1. The first-order valence-corrected chi connectivity index (χ1v) is 5.48. The van der Waals surface area contributed by atoms with Crippen LogP contribution in [0.15, 0.2) is 12.3 Å². The number of carboxylic acid groups (broad SMARTS) is 1. The normalized spacial score (nSPS) is 12.4. The minimum atomic E-state index is -0.894. The Morgan fingerprint density at radius 3 is 2.64 bits per heavy atom. The van der Waals surface area contributed by atoms with Crippen LogP contribution in [-0.4, -0.2) is 40.8 Å². The van der Waals surface area contributed by atoms with Crippen molar-refractivity contribution in [2.75, 3.05) is 19.3 Å². The fourth-order valence-electron chi connectivity index (χ4n) is 0.906. The Balaban J connectivity index is 3.74. The van der Waals surface area contributed by atoms with Gasteiger partial charge in [0.1, 0.15) is 5.25 Å². The van der Waals surface area contributed by atoms with Gasteiger partial charge in [-0.1, -0.05) is 6.58 Å². The maximum absolute atomic E-state index is 10.7. The second-order valence-corrected chi connectivity index (χ2v) is 4.24. The SMILES string of the molecule is C=C(O)CC(SCCCNC)C(=O)O. The summed E-state index contributed by atoms with van der Waals surface area (Å²) in [6, 6.07) is 0. The number of rotatable bonds is 8. The fraction of sp³-hybridized carbons (Fsp3) is 0.667. The minimum Gasteiger partial charge on any atom is -0.513 e. The van der Waals surface area contributed by atoms with E-state index in [1.165, 1.54) is 11.8 Å². The predicted octanol–water partition coefficient (Wildman–Crippen LogP) is 1.24. The van der Waals surface area contributed by atoms with Crippen LogP contribution in [0.1, 0.15) is 12.8 Å². The summed E-state index contributed by atoms with van der Waals surface area (Å²) < 4.78 is 0. The Labute approximate surface area is 88.4 Å². The highest BCUT2D eigenvalue weighted by molar-refractivity contribution is 8.00. The number of nitrogens with one attached hydrogen (secondary N) is 1. The zero-order valence-corrected chi connectivity index (χ0v) is 9.14. The molecule has 0 aliphatic rings.